The van der Waals surface area contributed by atoms with Crippen molar-refractivity contribution in [3.8, 4) is 5.75 Å². The fraction of sp³-hybridized carbons (Fsp3) is 0.571. The first-order valence-corrected chi connectivity index (χ1v) is 6.58. The van der Waals surface area contributed by atoms with Gasteiger partial charge >= 0.3 is 6.18 Å². The lowest BCUT2D eigenvalue weighted by atomic mass is 10.2. The summed E-state index contributed by atoms with van der Waals surface area (Å²) >= 11 is 0. The van der Waals surface area contributed by atoms with Crippen molar-refractivity contribution in [3.05, 3.63) is 29.8 Å². The quantitative estimate of drug-likeness (QED) is 0.709. The molecule has 20 heavy (non-hydrogen) atoms. The smallest absolute Gasteiger partial charge is 0.391 e. The van der Waals surface area contributed by atoms with Crippen LogP contribution in [0.4, 0.5) is 13.2 Å². The Morgan fingerprint density at radius 2 is 1.95 bits per heavy atom. The average Bonchev–Trinajstić information content (AvgIpc) is 2.40. The van der Waals surface area contributed by atoms with Crippen molar-refractivity contribution in [1.29, 1.82) is 0 Å². The van der Waals surface area contributed by atoms with E-state index in [9.17, 15) is 13.2 Å². The van der Waals surface area contributed by atoms with Crippen LogP contribution in [0.5, 0.6) is 5.75 Å². The van der Waals surface area contributed by atoms with Crippen LogP contribution in [0.25, 0.3) is 0 Å². The van der Waals surface area contributed by atoms with Gasteiger partial charge in [0.05, 0.1) is 19.6 Å². The molecule has 6 heteroatoms. The molecule has 0 heterocycles. The van der Waals surface area contributed by atoms with Gasteiger partial charge in [-0.1, -0.05) is 19.1 Å². The van der Waals surface area contributed by atoms with E-state index in [1.54, 1.807) is 0 Å². The van der Waals surface area contributed by atoms with Gasteiger partial charge in [0.15, 0.2) is 0 Å². The number of alkyl halides is 3. The Morgan fingerprint density at radius 3 is 2.65 bits per heavy atom. The first-order chi connectivity index (χ1) is 9.51. The molecule has 3 nitrogen and oxygen atoms in total. The minimum absolute atomic E-state index is 0.146. The summed E-state index contributed by atoms with van der Waals surface area (Å²) in [5, 5.41) is 3.20. The van der Waals surface area contributed by atoms with Crippen molar-refractivity contribution in [3.63, 3.8) is 0 Å². The zero-order valence-electron chi connectivity index (χ0n) is 11.5. The maximum Gasteiger partial charge on any atom is 0.391 e. The van der Waals surface area contributed by atoms with Crippen LogP contribution < -0.4 is 10.1 Å². The summed E-state index contributed by atoms with van der Waals surface area (Å²) in [5.41, 5.74) is 1.10. The molecule has 0 radical (unpaired) electrons. The molecule has 0 amide bonds. The van der Waals surface area contributed by atoms with Crippen molar-refractivity contribution >= 4 is 0 Å². The van der Waals surface area contributed by atoms with Gasteiger partial charge in [0, 0.05) is 6.54 Å². The van der Waals surface area contributed by atoms with Crippen LogP contribution >= 0.6 is 0 Å². The predicted octanol–water partition coefficient (Wildman–Crippen LogP) is 3.14. The number of nitrogens with one attached hydrogen (secondary N) is 1. The molecule has 0 aliphatic heterocycles. The van der Waals surface area contributed by atoms with Gasteiger partial charge in [-0.25, -0.2) is 0 Å². The highest BCUT2D eigenvalue weighted by atomic mass is 19.4. The summed E-state index contributed by atoms with van der Waals surface area (Å²) in [5.74, 6) is 0.694. The molecule has 1 aromatic carbocycles. The van der Waals surface area contributed by atoms with Crippen LogP contribution in [0.3, 0.4) is 0 Å². The fourth-order valence-corrected chi connectivity index (χ4v) is 1.52. The van der Waals surface area contributed by atoms with Crippen LogP contribution in [-0.2, 0) is 11.3 Å². The van der Waals surface area contributed by atoms with E-state index >= 15 is 0 Å². The molecule has 1 N–H and O–H groups in total. The number of hydrogen-bond acceptors (Lipinski definition) is 3. The molecule has 0 spiro atoms. The average molecular weight is 291 g/mol. The lowest BCUT2D eigenvalue weighted by Crippen LogP contribution is -2.14. The second kappa shape index (κ2) is 8.81. The molecule has 0 saturated heterocycles. The van der Waals surface area contributed by atoms with Crippen LogP contribution in [0.1, 0.15) is 18.9 Å². The highest BCUT2D eigenvalue weighted by Crippen LogP contribution is 2.19. The monoisotopic (exact) mass is 291 g/mol. The Bertz CT molecular complexity index is 383. The van der Waals surface area contributed by atoms with Gasteiger partial charge in [0.1, 0.15) is 12.4 Å². The van der Waals surface area contributed by atoms with Crippen molar-refractivity contribution in [2.75, 3.05) is 26.4 Å². The SMILES string of the molecule is CCNCc1cccc(OCCOCCC(F)(F)F)c1. The molecule has 0 unspecified atom stereocenters. The number of rotatable bonds is 9. The van der Waals surface area contributed by atoms with Gasteiger partial charge < -0.3 is 14.8 Å². The summed E-state index contributed by atoms with van der Waals surface area (Å²) < 4.78 is 45.9. The minimum atomic E-state index is -4.17. The van der Waals surface area contributed by atoms with Gasteiger partial charge in [0.25, 0.3) is 0 Å². The molecule has 0 saturated carbocycles. The van der Waals surface area contributed by atoms with Gasteiger partial charge in [-0.05, 0) is 24.2 Å². The molecule has 0 fully saturated rings. The molecular formula is C14H20F3NO2. The van der Waals surface area contributed by atoms with Crippen molar-refractivity contribution in [2.45, 2.75) is 26.1 Å². The Labute approximate surface area is 117 Å². The van der Waals surface area contributed by atoms with Crippen LogP contribution in [0.2, 0.25) is 0 Å². The predicted molar refractivity (Wildman–Crippen MR) is 70.8 cm³/mol. The first kappa shape index (κ1) is 16.8. The largest absolute Gasteiger partial charge is 0.491 e. The topological polar surface area (TPSA) is 30.5 Å². The van der Waals surface area contributed by atoms with Gasteiger partial charge in [-0.2, -0.15) is 13.2 Å². The van der Waals surface area contributed by atoms with E-state index in [1.807, 2.05) is 31.2 Å². The van der Waals surface area contributed by atoms with E-state index < -0.39 is 12.6 Å². The molecule has 0 aromatic heterocycles. The van der Waals surface area contributed by atoms with Gasteiger partial charge in [-0.3, -0.25) is 0 Å². The Hall–Kier alpha value is -1.27. The third-order valence-electron chi connectivity index (χ3n) is 2.50. The maximum absolute atomic E-state index is 11.9. The summed E-state index contributed by atoms with van der Waals surface area (Å²) in [7, 11) is 0. The van der Waals surface area contributed by atoms with E-state index in [0.717, 1.165) is 18.7 Å². The summed E-state index contributed by atoms with van der Waals surface area (Å²) in [4.78, 5) is 0. The molecule has 0 atom stereocenters. The Kier molecular flexibility index (Phi) is 7.40. The molecule has 0 aliphatic carbocycles. The van der Waals surface area contributed by atoms with E-state index in [-0.39, 0.29) is 19.8 Å². The molecule has 1 rings (SSSR count). The maximum atomic E-state index is 11.9. The Balaban J connectivity index is 2.18. The molecule has 0 bridgehead atoms. The lowest BCUT2D eigenvalue weighted by Gasteiger charge is -2.10. The zero-order valence-corrected chi connectivity index (χ0v) is 11.5. The van der Waals surface area contributed by atoms with Crippen LogP contribution in [0.15, 0.2) is 24.3 Å². The normalized spacial score (nSPS) is 11.6. The van der Waals surface area contributed by atoms with Crippen molar-refractivity contribution in [2.24, 2.45) is 0 Å². The standard InChI is InChI=1S/C14H20F3NO2/c1-2-18-11-12-4-3-5-13(10-12)20-9-8-19-7-6-14(15,16)17/h3-5,10,18H,2,6-9,11H2,1H3. The van der Waals surface area contributed by atoms with Crippen molar-refractivity contribution < 1.29 is 22.6 Å². The zero-order chi connectivity index (χ0) is 14.8. The molecule has 1 aromatic rings. The second-order valence-electron chi connectivity index (χ2n) is 4.25. The highest BCUT2D eigenvalue weighted by Gasteiger charge is 2.26. The summed E-state index contributed by atoms with van der Waals surface area (Å²) in [6, 6.07) is 7.57. The third-order valence-corrected chi connectivity index (χ3v) is 2.50. The lowest BCUT2D eigenvalue weighted by molar-refractivity contribution is -0.145. The minimum Gasteiger partial charge on any atom is -0.491 e. The molecule has 114 valence electrons. The molecular weight excluding hydrogens is 271 g/mol. The summed E-state index contributed by atoms with van der Waals surface area (Å²) in [6.45, 7) is 3.73. The summed E-state index contributed by atoms with van der Waals surface area (Å²) in [6.07, 6.45) is -5.09. The second-order valence-corrected chi connectivity index (χ2v) is 4.25. The fourth-order valence-electron chi connectivity index (χ4n) is 1.52. The van der Waals surface area contributed by atoms with E-state index in [2.05, 4.69) is 5.32 Å². The molecule has 0 aliphatic rings. The number of benzene rings is 1. The van der Waals surface area contributed by atoms with Gasteiger partial charge in [-0.15, -0.1) is 0 Å². The Morgan fingerprint density at radius 1 is 1.15 bits per heavy atom. The van der Waals surface area contributed by atoms with E-state index in [0.29, 0.717) is 5.75 Å². The van der Waals surface area contributed by atoms with Crippen molar-refractivity contribution in [1.82, 2.24) is 5.32 Å². The van der Waals surface area contributed by atoms with E-state index in [1.165, 1.54) is 0 Å². The number of hydrogen-bond donors (Lipinski definition) is 1. The number of ether oxygens (including phenoxy) is 2. The highest BCUT2D eigenvalue weighted by molar-refractivity contribution is 5.28. The van der Waals surface area contributed by atoms with Crippen LogP contribution in [0, 0.1) is 0 Å². The van der Waals surface area contributed by atoms with E-state index in [4.69, 9.17) is 9.47 Å². The first-order valence-electron chi connectivity index (χ1n) is 6.58. The number of halogens is 3. The van der Waals surface area contributed by atoms with Crippen LogP contribution in [-0.4, -0.2) is 32.5 Å². The van der Waals surface area contributed by atoms with Gasteiger partial charge in [0.2, 0.25) is 0 Å². The third kappa shape index (κ3) is 8.01.